The topological polar surface area (TPSA) is 103 Å². The lowest BCUT2D eigenvalue weighted by Crippen LogP contribution is -2.51. The molecule has 2 aromatic rings. The number of aromatic nitrogens is 1. The smallest absolute Gasteiger partial charge is 0.254 e. The highest BCUT2D eigenvalue weighted by Crippen LogP contribution is 2.23. The first-order valence-corrected chi connectivity index (χ1v) is 13.1. The lowest BCUT2D eigenvalue weighted by molar-refractivity contribution is -0.153. The fourth-order valence-electron chi connectivity index (χ4n) is 3.93. The number of rotatable bonds is 11. The largest absolute Gasteiger partial charge is 0.380 e. The van der Waals surface area contributed by atoms with E-state index in [0.717, 1.165) is 46.9 Å². The van der Waals surface area contributed by atoms with E-state index >= 15 is 0 Å². The Balaban J connectivity index is 1.48. The molecule has 0 spiro atoms. The van der Waals surface area contributed by atoms with Gasteiger partial charge in [0.1, 0.15) is 5.01 Å². The van der Waals surface area contributed by atoms with Gasteiger partial charge >= 0.3 is 0 Å². The number of nitrogens with one attached hydrogen (secondary N) is 1. The molecule has 188 valence electrons. The van der Waals surface area contributed by atoms with E-state index in [-0.39, 0.29) is 12.6 Å². The van der Waals surface area contributed by atoms with Crippen molar-refractivity contribution < 1.29 is 19.8 Å². The summed E-state index contributed by atoms with van der Waals surface area (Å²) in [6.45, 7) is 2.66. The van der Waals surface area contributed by atoms with Gasteiger partial charge in [-0.1, -0.05) is 61.0 Å². The van der Waals surface area contributed by atoms with E-state index < -0.39 is 24.0 Å². The Bertz CT molecular complexity index is 1020. The van der Waals surface area contributed by atoms with E-state index in [9.17, 15) is 19.8 Å². The molecule has 1 unspecified atom stereocenters. The molecule has 1 aliphatic heterocycles. The van der Waals surface area contributed by atoms with Crippen LogP contribution in [0.1, 0.15) is 44.6 Å². The molecule has 2 amide bonds. The van der Waals surface area contributed by atoms with E-state index in [1.165, 1.54) is 0 Å². The van der Waals surface area contributed by atoms with Gasteiger partial charge in [0, 0.05) is 41.3 Å². The van der Waals surface area contributed by atoms with Crippen LogP contribution in [0.15, 0.2) is 59.1 Å². The van der Waals surface area contributed by atoms with Crippen molar-refractivity contribution in [3.8, 4) is 10.6 Å². The molecule has 0 bridgehead atoms. The highest BCUT2D eigenvalue weighted by Gasteiger charge is 2.37. The summed E-state index contributed by atoms with van der Waals surface area (Å²) in [6, 6.07) is 7.47. The Morgan fingerprint density at radius 3 is 2.71 bits per heavy atom. The maximum absolute atomic E-state index is 12.8. The summed E-state index contributed by atoms with van der Waals surface area (Å²) in [4.78, 5) is 31.1. The first-order valence-electron chi connectivity index (χ1n) is 11.8. The van der Waals surface area contributed by atoms with E-state index in [0.29, 0.717) is 13.0 Å². The summed E-state index contributed by atoms with van der Waals surface area (Å²) in [5, 5.41) is 27.0. The van der Waals surface area contributed by atoms with Crippen LogP contribution in [0.2, 0.25) is 0 Å². The molecule has 1 aromatic carbocycles. The summed E-state index contributed by atoms with van der Waals surface area (Å²) in [5.41, 5.74) is 1.81. The first kappa shape index (κ1) is 27.1. The number of amides is 2. The Labute approximate surface area is 215 Å². The molecule has 3 rings (SSSR count). The van der Waals surface area contributed by atoms with Gasteiger partial charge in [0.15, 0.2) is 12.2 Å². The lowest BCUT2D eigenvalue weighted by Gasteiger charge is -2.27. The number of carbonyl (C=O) groups excluding carboxylic acids is 2. The van der Waals surface area contributed by atoms with Crippen molar-refractivity contribution in [3.05, 3.63) is 64.7 Å². The van der Waals surface area contributed by atoms with Crippen molar-refractivity contribution in [1.82, 2.24) is 15.2 Å². The van der Waals surface area contributed by atoms with Crippen LogP contribution in [0, 0.1) is 0 Å². The van der Waals surface area contributed by atoms with Gasteiger partial charge in [-0.2, -0.15) is 0 Å². The van der Waals surface area contributed by atoms with Crippen LogP contribution in [0.25, 0.3) is 10.6 Å². The van der Waals surface area contributed by atoms with Crippen molar-refractivity contribution >= 4 is 34.8 Å². The second-order valence-corrected chi connectivity index (χ2v) is 9.80. The second kappa shape index (κ2) is 13.5. The maximum atomic E-state index is 12.8. The van der Waals surface area contributed by atoms with Crippen LogP contribution < -0.4 is 5.32 Å². The van der Waals surface area contributed by atoms with Gasteiger partial charge < -0.3 is 20.4 Å². The highest BCUT2D eigenvalue weighted by atomic mass is 35.5. The van der Waals surface area contributed by atoms with Crippen LogP contribution in [0.4, 0.5) is 0 Å². The van der Waals surface area contributed by atoms with Gasteiger partial charge in [-0.15, -0.1) is 11.3 Å². The fraction of sp³-hybridized carbons (Fsp3) is 0.423. The average Bonchev–Trinajstić information content (AvgIpc) is 3.58. The molecule has 0 radical (unpaired) electrons. The normalized spacial score (nSPS) is 18.1. The number of carbonyl (C=O) groups is 2. The highest BCUT2D eigenvalue weighted by molar-refractivity contribution is 7.13. The van der Waals surface area contributed by atoms with Crippen molar-refractivity contribution in [2.75, 3.05) is 6.54 Å². The minimum atomic E-state index is -1.84. The molecule has 0 aliphatic carbocycles. The summed E-state index contributed by atoms with van der Waals surface area (Å²) in [6.07, 6.45) is 7.85. The van der Waals surface area contributed by atoms with Gasteiger partial charge in [-0.3, -0.25) is 9.59 Å². The summed E-state index contributed by atoms with van der Waals surface area (Å²) in [5.74, 6) is -1.41. The number of hydrogen-bond acceptors (Lipinski definition) is 6. The van der Waals surface area contributed by atoms with Crippen LogP contribution in [-0.4, -0.2) is 56.7 Å². The number of allylic oxidation sites excluding steroid dienone is 3. The summed E-state index contributed by atoms with van der Waals surface area (Å²) < 4.78 is 0. The number of thiazole rings is 1. The lowest BCUT2D eigenvalue weighted by atomic mass is 10.1. The zero-order valence-electron chi connectivity index (χ0n) is 19.8. The molecule has 1 saturated heterocycles. The Hall–Kier alpha value is -2.52. The van der Waals surface area contributed by atoms with E-state index in [4.69, 9.17) is 11.6 Å². The molecular weight excluding hydrogens is 486 g/mol. The first-order chi connectivity index (χ1) is 16.9. The van der Waals surface area contributed by atoms with Crippen LogP contribution in [0.5, 0.6) is 0 Å². The minimum Gasteiger partial charge on any atom is -0.380 e. The quantitative estimate of drug-likeness (QED) is 0.391. The number of aliphatic hydroxyl groups is 2. The van der Waals surface area contributed by atoms with Crippen LogP contribution in [-0.2, 0) is 16.1 Å². The third-order valence-electron chi connectivity index (χ3n) is 5.97. The molecule has 1 aliphatic rings. The monoisotopic (exact) mass is 517 g/mol. The average molecular weight is 518 g/mol. The number of benzene rings is 1. The second-order valence-electron chi connectivity index (χ2n) is 8.42. The van der Waals surface area contributed by atoms with Gasteiger partial charge in [0.05, 0.1) is 0 Å². The molecular formula is C26H32ClN3O4S. The summed E-state index contributed by atoms with van der Waals surface area (Å²) >= 11 is 7.54. The van der Waals surface area contributed by atoms with Crippen molar-refractivity contribution in [1.29, 1.82) is 0 Å². The predicted molar refractivity (Wildman–Crippen MR) is 139 cm³/mol. The van der Waals surface area contributed by atoms with Crippen molar-refractivity contribution in [2.45, 2.75) is 63.8 Å². The molecule has 3 atom stereocenters. The van der Waals surface area contributed by atoms with Crippen molar-refractivity contribution in [3.63, 3.8) is 0 Å². The maximum Gasteiger partial charge on any atom is 0.254 e. The predicted octanol–water partition coefficient (Wildman–Crippen LogP) is 4.01. The Morgan fingerprint density at radius 1 is 1.26 bits per heavy atom. The third kappa shape index (κ3) is 7.73. The fourth-order valence-corrected chi connectivity index (χ4v) is 4.67. The van der Waals surface area contributed by atoms with E-state index in [1.54, 1.807) is 22.4 Å². The molecule has 1 aromatic heterocycles. The van der Waals surface area contributed by atoms with E-state index in [2.05, 4.69) is 10.3 Å². The van der Waals surface area contributed by atoms with E-state index in [1.807, 2.05) is 54.8 Å². The zero-order valence-corrected chi connectivity index (χ0v) is 21.3. The number of hydrogen-bond donors (Lipinski definition) is 3. The third-order valence-corrected chi connectivity index (χ3v) is 7.21. The summed E-state index contributed by atoms with van der Waals surface area (Å²) in [7, 11) is 0. The molecule has 0 saturated carbocycles. The number of aliphatic hydroxyl groups excluding tert-OH is 2. The number of halogens is 1. The molecule has 9 heteroatoms. The minimum absolute atomic E-state index is 0.0642. The van der Waals surface area contributed by atoms with Gasteiger partial charge in [-0.05, 0) is 37.7 Å². The van der Waals surface area contributed by atoms with Gasteiger partial charge in [0.25, 0.3) is 11.8 Å². The molecule has 7 nitrogen and oxygen atoms in total. The standard InChI is InChI=1S/C26H32ClN3O4S/c1-2-20(27)7-4-3-5-8-21-9-6-15-30(21)26(34)23(32)22(31)24(33)29-17-18-10-12-19(13-11-18)25-28-14-16-35-25/h3,5,7,10-14,16,21-23,31-32H,2,4,6,8-9,15,17H2,1H3,(H,29,33)/b5-3-,20-7+/t21?,22-,23-/m1/s1. The van der Waals surface area contributed by atoms with Crippen LogP contribution in [0.3, 0.4) is 0 Å². The SMILES string of the molecule is CC/C(Cl)=C\C/C=C\CC1CCCN1C(=O)[C@H](O)[C@@H](O)C(=O)NCc1ccc(-c2nccs2)cc1. The van der Waals surface area contributed by atoms with Crippen molar-refractivity contribution in [2.24, 2.45) is 0 Å². The van der Waals surface area contributed by atoms with Crippen LogP contribution >= 0.6 is 22.9 Å². The van der Waals surface area contributed by atoms with Gasteiger partial charge in [0.2, 0.25) is 0 Å². The number of likely N-dealkylation sites (tertiary alicyclic amines) is 1. The molecule has 2 heterocycles. The number of nitrogens with zero attached hydrogens (tertiary/aromatic N) is 2. The van der Waals surface area contributed by atoms with Gasteiger partial charge in [-0.25, -0.2) is 4.98 Å². The molecule has 1 fully saturated rings. The Morgan fingerprint density at radius 2 is 2.03 bits per heavy atom. The molecule has 3 N–H and O–H groups in total. The Kier molecular flexibility index (Phi) is 10.5. The zero-order chi connectivity index (χ0) is 25.2. The molecule has 35 heavy (non-hydrogen) atoms.